The number of thioether (sulfide) groups is 1. The Hall–Kier alpha value is 0.375. The Kier molecular flexibility index (Phi) is 5.12. The minimum Gasteiger partial charge on any atom is -0.436 e. The normalized spacial score (nSPS) is 18.8. The number of rotatable bonds is 4. The third-order valence-electron chi connectivity index (χ3n) is 2.02. The lowest BCUT2D eigenvalue weighted by molar-refractivity contribution is 0.311. The predicted molar refractivity (Wildman–Crippen MR) is 53.6 cm³/mol. The summed E-state index contributed by atoms with van der Waals surface area (Å²) < 4.78 is 5.71. The Labute approximate surface area is 74.4 Å². The molecule has 0 aromatic rings. The van der Waals surface area contributed by atoms with E-state index in [0.717, 1.165) is 6.61 Å². The van der Waals surface area contributed by atoms with E-state index >= 15 is 0 Å². The van der Waals surface area contributed by atoms with Crippen LogP contribution in [-0.4, -0.2) is 25.0 Å². The summed E-state index contributed by atoms with van der Waals surface area (Å²) >= 11 is 2.06. The first kappa shape index (κ1) is 9.46. The lowest BCUT2D eigenvalue weighted by Gasteiger charge is -2.17. The van der Waals surface area contributed by atoms with Gasteiger partial charge in [-0.05, 0) is 30.6 Å². The van der Waals surface area contributed by atoms with E-state index in [4.69, 9.17) is 4.65 Å². The summed E-state index contributed by atoms with van der Waals surface area (Å²) in [5.74, 6) is 2.60. The van der Waals surface area contributed by atoms with Crippen LogP contribution in [0.3, 0.4) is 0 Å². The molecule has 0 unspecified atom stereocenters. The molecule has 1 aliphatic rings. The van der Waals surface area contributed by atoms with E-state index in [2.05, 4.69) is 18.7 Å². The molecular weight excluding hydrogens is 155 g/mol. The second-order valence-corrected chi connectivity index (χ2v) is 4.26. The highest BCUT2D eigenvalue weighted by molar-refractivity contribution is 7.99. The number of hydrogen-bond acceptors (Lipinski definition) is 2. The van der Waals surface area contributed by atoms with Crippen LogP contribution in [0.2, 0.25) is 12.6 Å². The van der Waals surface area contributed by atoms with Crippen molar-refractivity contribution in [2.24, 2.45) is 0 Å². The predicted octanol–water partition coefficient (Wildman–Crippen LogP) is 2.54. The average molecular weight is 172 g/mol. The maximum Gasteiger partial charge on any atom is 0.294 e. The fourth-order valence-corrected chi connectivity index (χ4v) is 2.30. The Morgan fingerprint density at radius 2 is 2.09 bits per heavy atom. The Morgan fingerprint density at radius 1 is 1.36 bits per heavy atom. The van der Waals surface area contributed by atoms with E-state index in [1.54, 1.807) is 0 Å². The van der Waals surface area contributed by atoms with Gasteiger partial charge >= 0.3 is 0 Å². The van der Waals surface area contributed by atoms with Gasteiger partial charge in [0.25, 0.3) is 6.92 Å². The maximum atomic E-state index is 5.71. The summed E-state index contributed by atoms with van der Waals surface area (Å²) in [7, 11) is 0. The van der Waals surface area contributed by atoms with E-state index in [1.807, 2.05) is 0 Å². The summed E-state index contributed by atoms with van der Waals surface area (Å²) in [6.45, 7) is 3.77. The average Bonchev–Trinajstić information content (AvgIpc) is 2.07. The molecule has 0 radical (unpaired) electrons. The number of unbranched alkanes of at least 4 members (excludes halogenated alkanes) is 1. The first-order valence-electron chi connectivity index (χ1n) is 4.63. The van der Waals surface area contributed by atoms with Crippen molar-refractivity contribution in [3.63, 3.8) is 0 Å². The van der Waals surface area contributed by atoms with Crippen LogP contribution in [0.1, 0.15) is 19.8 Å². The van der Waals surface area contributed by atoms with Crippen molar-refractivity contribution in [2.75, 3.05) is 18.1 Å². The highest BCUT2D eigenvalue weighted by Gasteiger charge is 2.18. The van der Waals surface area contributed by atoms with Crippen molar-refractivity contribution in [3.05, 3.63) is 0 Å². The maximum absolute atomic E-state index is 5.71. The van der Waals surface area contributed by atoms with Crippen LogP contribution in [0, 0.1) is 0 Å². The lowest BCUT2D eigenvalue weighted by Crippen LogP contribution is -2.23. The van der Waals surface area contributed by atoms with Gasteiger partial charge in [-0.3, -0.25) is 0 Å². The Bertz CT molecular complexity index is 94.1. The quantitative estimate of drug-likeness (QED) is 0.476. The van der Waals surface area contributed by atoms with Crippen molar-refractivity contribution < 1.29 is 4.65 Å². The molecule has 3 heteroatoms. The molecule has 64 valence electrons. The van der Waals surface area contributed by atoms with Gasteiger partial charge in [0.15, 0.2) is 0 Å². The van der Waals surface area contributed by atoms with Crippen LogP contribution in [0.25, 0.3) is 0 Å². The van der Waals surface area contributed by atoms with Crippen molar-refractivity contribution >= 4 is 18.7 Å². The van der Waals surface area contributed by atoms with Gasteiger partial charge in [0.1, 0.15) is 0 Å². The minimum absolute atomic E-state index is 0.586. The molecule has 0 spiro atoms. The Morgan fingerprint density at radius 3 is 2.73 bits per heavy atom. The molecule has 0 aromatic carbocycles. The largest absolute Gasteiger partial charge is 0.436 e. The molecule has 1 heterocycles. The van der Waals surface area contributed by atoms with Gasteiger partial charge in [0.05, 0.1) is 0 Å². The fraction of sp³-hybridized carbons (Fsp3) is 1.00. The molecule has 11 heavy (non-hydrogen) atoms. The highest BCUT2D eigenvalue weighted by atomic mass is 32.2. The molecule has 1 fully saturated rings. The highest BCUT2D eigenvalue weighted by Crippen LogP contribution is 2.18. The summed E-state index contributed by atoms with van der Waals surface area (Å²) in [4.78, 5) is 0. The molecule has 0 N–H and O–H groups in total. The second-order valence-electron chi connectivity index (χ2n) is 3.04. The summed E-state index contributed by atoms with van der Waals surface area (Å²) in [5, 5.41) is 0. The van der Waals surface area contributed by atoms with Crippen molar-refractivity contribution in [1.82, 2.24) is 0 Å². The zero-order valence-electron chi connectivity index (χ0n) is 7.34. The van der Waals surface area contributed by atoms with E-state index in [9.17, 15) is 0 Å². The van der Waals surface area contributed by atoms with Gasteiger partial charge in [-0.2, -0.15) is 11.8 Å². The first-order chi connectivity index (χ1) is 5.43. The van der Waals surface area contributed by atoms with Gasteiger partial charge in [0, 0.05) is 6.61 Å². The lowest BCUT2D eigenvalue weighted by atomic mass is 9.62. The van der Waals surface area contributed by atoms with E-state index in [-0.39, 0.29) is 0 Å². The SMILES string of the molecule is CCCCOB1CCSCC1. The van der Waals surface area contributed by atoms with E-state index in [1.165, 1.54) is 37.0 Å². The topological polar surface area (TPSA) is 9.23 Å². The standard InChI is InChI=1S/C8H17BOS/c1-2-3-6-10-9-4-7-11-8-5-9/h2-8H2,1H3. The smallest absolute Gasteiger partial charge is 0.294 e. The second kappa shape index (κ2) is 5.95. The minimum atomic E-state index is 0.586. The number of hydrogen-bond donors (Lipinski definition) is 0. The molecule has 0 aliphatic carbocycles. The van der Waals surface area contributed by atoms with Crippen LogP contribution in [0.15, 0.2) is 0 Å². The zero-order valence-corrected chi connectivity index (χ0v) is 8.16. The van der Waals surface area contributed by atoms with Gasteiger partial charge in [-0.25, -0.2) is 0 Å². The molecule has 0 saturated carbocycles. The van der Waals surface area contributed by atoms with Crippen molar-refractivity contribution in [1.29, 1.82) is 0 Å². The molecule has 0 atom stereocenters. The summed E-state index contributed by atoms with van der Waals surface area (Å²) in [6.07, 6.45) is 5.02. The van der Waals surface area contributed by atoms with E-state index in [0.29, 0.717) is 6.92 Å². The van der Waals surface area contributed by atoms with Gasteiger partial charge in [-0.15, -0.1) is 0 Å². The summed E-state index contributed by atoms with van der Waals surface area (Å²) in [5.41, 5.74) is 0. The van der Waals surface area contributed by atoms with Crippen LogP contribution < -0.4 is 0 Å². The van der Waals surface area contributed by atoms with Crippen LogP contribution in [0.5, 0.6) is 0 Å². The van der Waals surface area contributed by atoms with Gasteiger partial charge in [-0.1, -0.05) is 13.3 Å². The zero-order chi connectivity index (χ0) is 7.94. The molecule has 0 aromatic heterocycles. The summed E-state index contributed by atoms with van der Waals surface area (Å²) in [6, 6.07) is 0. The molecule has 0 amide bonds. The molecule has 1 aliphatic heterocycles. The van der Waals surface area contributed by atoms with E-state index < -0.39 is 0 Å². The third kappa shape index (κ3) is 4.07. The fourth-order valence-electron chi connectivity index (χ4n) is 1.24. The first-order valence-corrected chi connectivity index (χ1v) is 5.78. The van der Waals surface area contributed by atoms with Crippen LogP contribution in [0.4, 0.5) is 0 Å². The van der Waals surface area contributed by atoms with Crippen LogP contribution >= 0.6 is 11.8 Å². The van der Waals surface area contributed by atoms with Gasteiger partial charge < -0.3 is 4.65 Å². The van der Waals surface area contributed by atoms with Crippen molar-refractivity contribution in [3.8, 4) is 0 Å². The monoisotopic (exact) mass is 172 g/mol. The molecular formula is C8H17BOS. The van der Waals surface area contributed by atoms with Gasteiger partial charge in [0.2, 0.25) is 0 Å². The molecule has 0 bridgehead atoms. The molecule has 1 rings (SSSR count). The third-order valence-corrected chi connectivity index (χ3v) is 3.07. The van der Waals surface area contributed by atoms with Crippen LogP contribution in [-0.2, 0) is 4.65 Å². The Balaban J connectivity index is 1.96. The molecule has 1 saturated heterocycles. The van der Waals surface area contributed by atoms with Crippen molar-refractivity contribution in [2.45, 2.75) is 32.4 Å². The molecule has 1 nitrogen and oxygen atoms in total.